The maximum absolute atomic E-state index is 10.5. The number of nitrogens with zero attached hydrogens (tertiary/aromatic N) is 2. The molecule has 0 aliphatic rings. The Kier molecular flexibility index (Phi) is 5.57. The van der Waals surface area contributed by atoms with E-state index in [1.54, 1.807) is 24.3 Å². The van der Waals surface area contributed by atoms with Crippen LogP contribution in [0.3, 0.4) is 0 Å². The van der Waals surface area contributed by atoms with E-state index in [-0.39, 0.29) is 0 Å². The third kappa shape index (κ3) is 4.56. The van der Waals surface area contributed by atoms with Crippen molar-refractivity contribution in [2.75, 3.05) is 10.6 Å². The lowest BCUT2D eigenvalue weighted by atomic mass is 10.0. The van der Waals surface area contributed by atoms with E-state index in [0.717, 1.165) is 33.9 Å². The minimum atomic E-state index is 0.406. The van der Waals surface area contributed by atoms with Gasteiger partial charge in [-0.25, -0.2) is 0 Å². The average Bonchev–Trinajstić information content (AvgIpc) is 2.81. The molecule has 4 aromatic carbocycles. The molecule has 6 nitrogen and oxygen atoms in total. The third-order valence-electron chi connectivity index (χ3n) is 4.63. The fraction of sp³-hybridized carbons (Fsp3) is 0. The van der Waals surface area contributed by atoms with Crippen LogP contribution in [0.15, 0.2) is 107 Å². The van der Waals surface area contributed by atoms with Gasteiger partial charge in [-0.1, -0.05) is 24.3 Å². The molecule has 0 heterocycles. The van der Waals surface area contributed by atoms with Crippen molar-refractivity contribution < 1.29 is 0 Å². The summed E-state index contributed by atoms with van der Waals surface area (Å²) < 4.78 is 0. The van der Waals surface area contributed by atoms with E-state index in [2.05, 4.69) is 45.3 Å². The van der Waals surface area contributed by atoms with Gasteiger partial charge in [-0.05, 0) is 94.3 Å². The molecule has 0 unspecified atom stereocenters. The normalized spacial score (nSPS) is 10.3. The van der Waals surface area contributed by atoms with Gasteiger partial charge in [0, 0.05) is 22.7 Å². The summed E-state index contributed by atoms with van der Waals surface area (Å²) in [5.41, 5.74) is 6.72. The number of anilines is 4. The van der Waals surface area contributed by atoms with Crippen LogP contribution in [0.5, 0.6) is 0 Å². The van der Waals surface area contributed by atoms with E-state index in [0.29, 0.717) is 11.4 Å². The molecule has 0 radical (unpaired) electrons. The lowest BCUT2D eigenvalue weighted by molar-refractivity contribution is 1.47. The molecular formula is C24H18N4O2. The smallest absolute Gasteiger partial charge is 0.108 e. The molecular weight excluding hydrogens is 376 g/mol. The van der Waals surface area contributed by atoms with Gasteiger partial charge >= 0.3 is 0 Å². The van der Waals surface area contributed by atoms with Crippen LogP contribution in [-0.2, 0) is 0 Å². The molecule has 0 atom stereocenters. The molecule has 0 bridgehead atoms. The lowest BCUT2D eigenvalue weighted by Gasteiger charge is -2.10. The summed E-state index contributed by atoms with van der Waals surface area (Å²) in [6.07, 6.45) is 0. The van der Waals surface area contributed by atoms with Crippen molar-refractivity contribution in [1.82, 2.24) is 0 Å². The van der Waals surface area contributed by atoms with Crippen LogP contribution in [0.4, 0.5) is 34.1 Å². The van der Waals surface area contributed by atoms with Gasteiger partial charge in [-0.2, -0.15) is 0 Å². The lowest BCUT2D eigenvalue weighted by Crippen LogP contribution is -1.90. The summed E-state index contributed by atoms with van der Waals surface area (Å²) in [4.78, 5) is 21.0. The molecule has 4 rings (SSSR count). The number of nitroso groups, excluding NO2 is 2. The maximum atomic E-state index is 10.5. The highest BCUT2D eigenvalue weighted by Gasteiger charge is 2.01. The summed E-state index contributed by atoms with van der Waals surface area (Å²) in [7, 11) is 0. The summed E-state index contributed by atoms with van der Waals surface area (Å²) >= 11 is 0. The zero-order valence-corrected chi connectivity index (χ0v) is 15.9. The molecule has 0 amide bonds. The molecule has 0 spiro atoms. The first kappa shape index (κ1) is 19.0. The molecule has 0 aliphatic heterocycles. The molecule has 6 heteroatoms. The molecule has 0 aromatic heterocycles. The Labute approximate surface area is 173 Å². The van der Waals surface area contributed by atoms with Crippen LogP contribution in [0, 0.1) is 9.81 Å². The molecule has 0 saturated carbocycles. The third-order valence-corrected chi connectivity index (χ3v) is 4.63. The molecule has 4 aromatic rings. The molecule has 30 heavy (non-hydrogen) atoms. The van der Waals surface area contributed by atoms with Gasteiger partial charge < -0.3 is 10.6 Å². The summed E-state index contributed by atoms with van der Waals surface area (Å²) in [5, 5.41) is 12.4. The van der Waals surface area contributed by atoms with Crippen LogP contribution in [0.2, 0.25) is 0 Å². The predicted octanol–water partition coefficient (Wildman–Crippen LogP) is 7.64. The van der Waals surface area contributed by atoms with Gasteiger partial charge in [-0.3, -0.25) is 0 Å². The Morgan fingerprint density at radius 1 is 0.400 bits per heavy atom. The molecule has 0 fully saturated rings. The Morgan fingerprint density at radius 2 is 0.667 bits per heavy atom. The summed E-state index contributed by atoms with van der Waals surface area (Å²) in [6.45, 7) is 0. The van der Waals surface area contributed by atoms with Gasteiger partial charge in [0.25, 0.3) is 0 Å². The van der Waals surface area contributed by atoms with Crippen LogP contribution in [0.1, 0.15) is 0 Å². The van der Waals surface area contributed by atoms with E-state index in [1.807, 2.05) is 48.5 Å². The van der Waals surface area contributed by atoms with Crippen molar-refractivity contribution >= 4 is 34.1 Å². The topological polar surface area (TPSA) is 82.9 Å². The second-order valence-corrected chi connectivity index (χ2v) is 6.68. The van der Waals surface area contributed by atoms with Gasteiger partial charge in [0.1, 0.15) is 11.4 Å². The Bertz CT molecular complexity index is 1040. The molecule has 146 valence electrons. The monoisotopic (exact) mass is 394 g/mol. The van der Waals surface area contributed by atoms with Gasteiger partial charge in [0.15, 0.2) is 0 Å². The van der Waals surface area contributed by atoms with Gasteiger partial charge in [0.2, 0.25) is 0 Å². The average molecular weight is 394 g/mol. The zero-order valence-electron chi connectivity index (χ0n) is 15.9. The van der Waals surface area contributed by atoms with Crippen LogP contribution >= 0.6 is 0 Å². The van der Waals surface area contributed by atoms with Crippen molar-refractivity contribution in [3.63, 3.8) is 0 Å². The largest absolute Gasteiger partial charge is 0.356 e. The second-order valence-electron chi connectivity index (χ2n) is 6.68. The minimum absolute atomic E-state index is 0.406. The molecule has 0 saturated heterocycles. The first-order chi connectivity index (χ1) is 14.7. The second kappa shape index (κ2) is 8.79. The van der Waals surface area contributed by atoms with E-state index < -0.39 is 0 Å². The van der Waals surface area contributed by atoms with Crippen LogP contribution < -0.4 is 10.6 Å². The van der Waals surface area contributed by atoms with Crippen molar-refractivity contribution in [3.8, 4) is 11.1 Å². The van der Waals surface area contributed by atoms with E-state index >= 15 is 0 Å². The van der Waals surface area contributed by atoms with E-state index in [4.69, 9.17) is 0 Å². The summed E-state index contributed by atoms with van der Waals surface area (Å²) in [5.74, 6) is 0. The first-order valence-electron chi connectivity index (χ1n) is 9.35. The van der Waals surface area contributed by atoms with Crippen molar-refractivity contribution in [2.24, 2.45) is 10.4 Å². The standard InChI is InChI=1S/C24H18N4O2/c29-27-23-13-9-21(10-14-23)25-19-5-1-17(2-6-19)18-3-7-20(8-4-18)26-22-11-15-24(28-30)16-12-22/h1-16,25-26H. The Balaban J connectivity index is 1.41. The van der Waals surface area contributed by atoms with Crippen molar-refractivity contribution in [3.05, 3.63) is 107 Å². The van der Waals surface area contributed by atoms with Gasteiger partial charge in [0.05, 0.1) is 0 Å². The van der Waals surface area contributed by atoms with Crippen LogP contribution in [-0.4, -0.2) is 0 Å². The predicted molar refractivity (Wildman–Crippen MR) is 122 cm³/mol. The number of hydrogen-bond acceptors (Lipinski definition) is 6. The Hall–Kier alpha value is -4.32. The Morgan fingerprint density at radius 3 is 0.933 bits per heavy atom. The highest BCUT2D eigenvalue weighted by molar-refractivity contribution is 5.71. The van der Waals surface area contributed by atoms with E-state index in [9.17, 15) is 9.81 Å². The quantitative estimate of drug-likeness (QED) is 0.316. The maximum Gasteiger partial charge on any atom is 0.108 e. The minimum Gasteiger partial charge on any atom is -0.356 e. The number of hydrogen-bond donors (Lipinski definition) is 2. The first-order valence-corrected chi connectivity index (χ1v) is 9.35. The highest BCUT2D eigenvalue weighted by Crippen LogP contribution is 2.27. The molecule has 2 N–H and O–H groups in total. The number of benzene rings is 4. The number of nitrogens with one attached hydrogen (secondary N) is 2. The van der Waals surface area contributed by atoms with Crippen molar-refractivity contribution in [1.29, 1.82) is 0 Å². The zero-order chi connectivity index (χ0) is 20.8. The summed E-state index contributed by atoms with van der Waals surface area (Å²) in [6, 6.07) is 30.2. The fourth-order valence-corrected chi connectivity index (χ4v) is 3.04. The highest BCUT2D eigenvalue weighted by atomic mass is 16.3. The van der Waals surface area contributed by atoms with Gasteiger partial charge in [-0.15, -0.1) is 9.81 Å². The van der Waals surface area contributed by atoms with Crippen molar-refractivity contribution in [2.45, 2.75) is 0 Å². The number of rotatable bonds is 7. The molecule has 0 aliphatic carbocycles. The van der Waals surface area contributed by atoms with E-state index in [1.165, 1.54) is 0 Å². The van der Waals surface area contributed by atoms with Crippen LogP contribution in [0.25, 0.3) is 11.1 Å². The fourth-order valence-electron chi connectivity index (χ4n) is 3.04. The SMILES string of the molecule is O=Nc1ccc(Nc2ccc(-c3ccc(Nc4ccc(N=O)cc4)cc3)cc2)cc1.